The van der Waals surface area contributed by atoms with Gasteiger partial charge in [0.15, 0.2) is 0 Å². The molecule has 1 heterocycles. The van der Waals surface area contributed by atoms with E-state index in [0.717, 1.165) is 17.7 Å². The Morgan fingerprint density at radius 2 is 1.74 bits per heavy atom. The highest BCUT2D eigenvalue weighted by atomic mass is 16.2. The van der Waals surface area contributed by atoms with Gasteiger partial charge in [0.25, 0.3) is 5.91 Å². The Balaban J connectivity index is 1.95. The second-order valence-corrected chi connectivity index (χ2v) is 6.89. The smallest absolute Gasteiger partial charge is 0.251 e. The van der Waals surface area contributed by atoms with E-state index >= 15 is 0 Å². The van der Waals surface area contributed by atoms with Gasteiger partial charge in [0.1, 0.15) is 0 Å². The number of hydrogen-bond donors (Lipinski definition) is 0. The van der Waals surface area contributed by atoms with Crippen LogP contribution in [-0.4, -0.2) is 11.4 Å². The summed E-state index contributed by atoms with van der Waals surface area (Å²) in [4.78, 5) is 14.8. The number of anilines is 1. The maximum atomic E-state index is 12.9. The number of para-hydroxylation sites is 1. The van der Waals surface area contributed by atoms with Gasteiger partial charge in [0, 0.05) is 17.3 Å². The Kier molecular flexibility index (Phi) is 4.08. The molecule has 0 N–H and O–H groups in total. The van der Waals surface area contributed by atoms with E-state index in [-0.39, 0.29) is 11.4 Å². The summed E-state index contributed by atoms with van der Waals surface area (Å²) in [6, 6.07) is 18.2. The van der Waals surface area contributed by atoms with E-state index in [1.165, 1.54) is 5.56 Å². The zero-order valence-electron chi connectivity index (χ0n) is 14.0. The van der Waals surface area contributed by atoms with Gasteiger partial charge in [0.05, 0.1) is 0 Å². The van der Waals surface area contributed by atoms with Gasteiger partial charge in [-0.1, -0.05) is 55.5 Å². The molecule has 1 unspecified atom stereocenters. The van der Waals surface area contributed by atoms with Gasteiger partial charge < -0.3 is 4.90 Å². The molecule has 118 valence electrons. The number of nitrogens with zero attached hydrogens (tertiary/aromatic N) is 1. The van der Waals surface area contributed by atoms with E-state index in [1.807, 2.05) is 47.4 Å². The molecule has 3 rings (SSSR count). The van der Waals surface area contributed by atoms with Crippen LogP contribution in [0.25, 0.3) is 6.08 Å². The molecule has 0 aliphatic carbocycles. The third-order valence-corrected chi connectivity index (χ3v) is 4.56. The van der Waals surface area contributed by atoms with Gasteiger partial charge in [-0.2, -0.15) is 0 Å². The molecule has 2 aromatic rings. The molecule has 0 aromatic heterocycles. The lowest BCUT2D eigenvalue weighted by Crippen LogP contribution is -2.51. The maximum Gasteiger partial charge on any atom is 0.251 e. The number of benzene rings is 2. The van der Waals surface area contributed by atoms with Crippen LogP contribution >= 0.6 is 0 Å². The van der Waals surface area contributed by atoms with Crippen LogP contribution in [0.4, 0.5) is 5.69 Å². The minimum Gasteiger partial charge on any atom is -0.303 e. The van der Waals surface area contributed by atoms with Crippen LogP contribution in [0.1, 0.15) is 44.2 Å². The van der Waals surface area contributed by atoms with Crippen molar-refractivity contribution in [1.29, 1.82) is 0 Å². The molecule has 23 heavy (non-hydrogen) atoms. The van der Waals surface area contributed by atoms with Crippen molar-refractivity contribution in [3.63, 3.8) is 0 Å². The van der Waals surface area contributed by atoms with Crippen LogP contribution in [0.5, 0.6) is 0 Å². The van der Waals surface area contributed by atoms with E-state index < -0.39 is 0 Å². The molecular formula is C21H23NO. The number of fused-ring (bicyclic) bond motifs is 1. The van der Waals surface area contributed by atoms with Gasteiger partial charge in [-0.05, 0) is 49.5 Å². The molecule has 2 heteroatoms. The number of hydrogen-bond acceptors (Lipinski definition) is 1. The molecule has 1 amide bonds. The molecule has 1 aliphatic heterocycles. The highest BCUT2D eigenvalue weighted by Gasteiger charge is 2.38. The molecule has 0 saturated carbocycles. The SMILES string of the molecule is CC1CC(C)(C)N(C(=O)C=Cc2ccccc2)c2ccccc21. The van der Waals surface area contributed by atoms with Crippen molar-refractivity contribution in [3.05, 3.63) is 71.8 Å². The molecule has 0 radical (unpaired) electrons. The quantitative estimate of drug-likeness (QED) is 0.713. The average Bonchev–Trinajstić information content (AvgIpc) is 2.53. The Morgan fingerprint density at radius 3 is 2.48 bits per heavy atom. The predicted molar refractivity (Wildman–Crippen MR) is 96.5 cm³/mol. The van der Waals surface area contributed by atoms with Crippen molar-refractivity contribution < 1.29 is 4.79 Å². The first-order valence-corrected chi connectivity index (χ1v) is 8.15. The first-order chi connectivity index (χ1) is 11.0. The Bertz CT molecular complexity index is 731. The maximum absolute atomic E-state index is 12.9. The largest absolute Gasteiger partial charge is 0.303 e. The minimum atomic E-state index is -0.189. The molecule has 0 spiro atoms. The summed E-state index contributed by atoms with van der Waals surface area (Å²) < 4.78 is 0. The summed E-state index contributed by atoms with van der Waals surface area (Å²) in [6.45, 7) is 6.53. The third-order valence-electron chi connectivity index (χ3n) is 4.56. The molecule has 0 fully saturated rings. The van der Waals surface area contributed by atoms with Crippen LogP contribution in [0.2, 0.25) is 0 Å². The highest BCUT2D eigenvalue weighted by Crippen LogP contribution is 2.43. The number of rotatable bonds is 2. The van der Waals surface area contributed by atoms with Crippen molar-refractivity contribution in [2.24, 2.45) is 0 Å². The van der Waals surface area contributed by atoms with Gasteiger partial charge in [-0.25, -0.2) is 0 Å². The third kappa shape index (κ3) is 3.07. The lowest BCUT2D eigenvalue weighted by Gasteiger charge is -2.45. The minimum absolute atomic E-state index is 0.0400. The summed E-state index contributed by atoms with van der Waals surface area (Å²) in [6.07, 6.45) is 4.54. The molecule has 1 aliphatic rings. The van der Waals surface area contributed by atoms with Crippen molar-refractivity contribution in [1.82, 2.24) is 0 Å². The van der Waals surface area contributed by atoms with Crippen LogP contribution in [0.3, 0.4) is 0 Å². The summed E-state index contributed by atoms with van der Waals surface area (Å²) in [5.74, 6) is 0.501. The van der Waals surface area contributed by atoms with Crippen molar-refractivity contribution in [2.45, 2.75) is 38.6 Å². The number of carbonyl (C=O) groups excluding carboxylic acids is 1. The van der Waals surface area contributed by atoms with Crippen LogP contribution in [0.15, 0.2) is 60.7 Å². The van der Waals surface area contributed by atoms with Gasteiger partial charge in [0.2, 0.25) is 0 Å². The molecule has 2 nitrogen and oxygen atoms in total. The van der Waals surface area contributed by atoms with Crippen LogP contribution in [0, 0.1) is 0 Å². The van der Waals surface area contributed by atoms with E-state index in [2.05, 4.69) is 39.0 Å². The fourth-order valence-corrected chi connectivity index (χ4v) is 3.61. The lowest BCUT2D eigenvalue weighted by molar-refractivity contribution is -0.115. The standard InChI is InChI=1S/C21H23NO/c1-16-15-21(2,3)22(19-12-8-7-11-18(16)19)20(23)14-13-17-9-5-4-6-10-17/h4-14,16H,15H2,1-3H3. The first-order valence-electron chi connectivity index (χ1n) is 8.15. The first kappa shape index (κ1) is 15.5. The van der Waals surface area contributed by atoms with Crippen molar-refractivity contribution >= 4 is 17.7 Å². The highest BCUT2D eigenvalue weighted by molar-refractivity contribution is 6.05. The molecule has 0 saturated heterocycles. The van der Waals surface area contributed by atoms with Gasteiger partial charge in [-0.15, -0.1) is 0 Å². The summed E-state index contributed by atoms with van der Waals surface area (Å²) in [5.41, 5.74) is 3.15. The second-order valence-electron chi connectivity index (χ2n) is 6.89. The fourth-order valence-electron chi connectivity index (χ4n) is 3.61. The zero-order valence-corrected chi connectivity index (χ0v) is 14.0. The normalized spacial score (nSPS) is 19.6. The van der Waals surface area contributed by atoms with Crippen LogP contribution in [-0.2, 0) is 4.79 Å². The summed E-state index contributed by atoms with van der Waals surface area (Å²) in [7, 11) is 0. The zero-order chi connectivity index (χ0) is 16.4. The number of carbonyl (C=O) groups is 1. The van der Waals surface area contributed by atoms with Crippen molar-refractivity contribution in [3.8, 4) is 0 Å². The van der Waals surface area contributed by atoms with E-state index in [9.17, 15) is 4.79 Å². The van der Waals surface area contributed by atoms with Gasteiger partial charge >= 0.3 is 0 Å². The van der Waals surface area contributed by atoms with E-state index in [1.54, 1.807) is 6.08 Å². The molecule has 2 aromatic carbocycles. The second kappa shape index (κ2) is 6.04. The lowest BCUT2D eigenvalue weighted by atomic mass is 9.80. The topological polar surface area (TPSA) is 20.3 Å². The monoisotopic (exact) mass is 305 g/mol. The Morgan fingerprint density at radius 1 is 1.09 bits per heavy atom. The Hall–Kier alpha value is -2.35. The number of amides is 1. The molecule has 1 atom stereocenters. The fraction of sp³-hybridized carbons (Fsp3) is 0.286. The average molecular weight is 305 g/mol. The predicted octanol–water partition coefficient (Wildman–Crippen LogP) is 5.02. The molecular weight excluding hydrogens is 282 g/mol. The van der Waals surface area contributed by atoms with Crippen LogP contribution < -0.4 is 4.90 Å². The van der Waals surface area contributed by atoms with E-state index in [4.69, 9.17) is 0 Å². The summed E-state index contributed by atoms with van der Waals surface area (Å²) in [5, 5.41) is 0. The van der Waals surface area contributed by atoms with E-state index in [0.29, 0.717) is 5.92 Å². The molecule has 0 bridgehead atoms. The van der Waals surface area contributed by atoms with Crippen molar-refractivity contribution in [2.75, 3.05) is 4.90 Å². The Labute approximate surface area is 138 Å². The van der Waals surface area contributed by atoms with Gasteiger partial charge in [-0.3, -0.25) is 4.79 Å². The summed E-state index contributed by atoms with van der Waals surface area (Å²) >= 11 is 0.